The molecule has 0 atom stereocenters. The first kappa shape index (κ1) is 13.4. The molecule has 0 fully saturated rings. The molecule has 0 bridgehead atoms. The van der Waals surface area contributed by atoms with E-state index in [1.807, 2.05) is 18.4 Å². The van der Waals surface area contributed by atoms with Crippen LogP contribution >= 0.6 is 11.6 Å². The molecule has 0 saturated carbocycles. The van der Waals surface area contributed by atoms with Crippen LogP contribution < -0.4 is 5.11 Å². The number of carboxylic acids is 1. The molecule has 2 aromatic rings. The van der Waals surface area contributed by atoms with E-state index in [-0.39, 0.29) is 10.6 Å². The van der Waals surface area contributed by atoms with Gasteiger partial charge < -0.3 is 14.5 Å². The number of carboxylic acid groups (broad SMARTS) is 1. The number of aldehydes is 1. The minimum absolute atomic E-state index is 0.0523. The second-order valence-corrected chi connectivity index (χ2v) is 4.64. The van der Waals surface area contributed by atoms with E-state index >= 15 is 0 Å². The van der Waals surface area contributed by atoms with E-state index in [4.69, 9.17) is 11.6 Å². The fourth-order valence-corrected chi connectivity index (χ4v) is 2.36. The summed E-state index contributed by atoms with van der Waals surface area (Å²) in [5, 5.41) is 10.9. The topological polar surface area (TPSA) is 62.1 Å². The Kier molecular flexibility index (Phi) is 3.44. The lowest BCUT2D eigenvalue weighted by Gasteiger charge is -2.12. The van der Waals surface area contributed by atoms with Crippen LogP contribution in [0.25, 0.3) is 5.69 Å². The number of aromatic nitrogens is 1. The van der Waals surface area contributed by atoms with E-state index < -0.39 is 5.97 Å². The van der Waals surface area contributed by atoms with Gasteiger partial charge >= 0.3 is 0 Å². The van der Waals surface area contributed by atoms with Crippen molar-refractivity contribution in [3.05, 3.63) is 51.8 Å². The molecule has 0 amide bonds. The second-order valence-electron chi connectivity index (χ2n) is 4.23. The van der Waals surface area contributed by atoms with Gasteiger partial charge in [0.15, 0.2) is 6.29 Å². The Morgan fingerprint density at radius 2 is 2.00 bits per heavy atom. The number of hydrogen-bond donors (Lipinski definition) is 0. The Labute approximate surface area is 115 Å². The molecule has 0 saturated heterocycles. The average Bonchev–Trinajstić information content (AvgIpc) is 2.63. The van der Waals surface area contributed by atoms with Crippen LogP contribution in [0.4, 0.5) is 0 Å². The van der Waals surface area contributed by atoms with Crippen molar-refractivity contribution in [1.82, 2.24) is 4.57 Å². The van der Waals surface area contributed by atoms with Crippen LogP contribution in [0.5, 0.6) is 0 Å². The Bertz CT molecular complexity index is 674. The molecule has 5 heteroatoms. The van der Waals surface area contributed by atoms with E-state index in [9.17, 15) is 14.7 Å². The summed E-state index contributed by atoms with van der Waals surface area (Å²) < 4.78 is 1.84. The van der Waals surface area contributed by atoms with Gasteiger partial charge in [-0.15, -0.1) is 0 Å². The average molecular weight is 277 g/mol. The molecule has 19 heavy (non-hydrogen) atoms. The van der Waals surface area contributed by atoms with Crippen LogP contribution in [-0.2, 0) is 0 Å². The van der Waals surface area contributed by atoms with Crippen molar-refractivity contribution >= 4 is 23.9 Å². The van der Waals surface area contributed by atoms with Gasteiger partial charge in [0.25, 0.3) is 0 Å². The number of benzene rings is 1. The predicted octanol–water partition coefficient (Wildman–Crippen LogP) is 1.92. The summed E-state index contributed by atoms with van der Waals surface area (Å²) in [7, 11) is 0. The summed E-state index contributed by atoms with van der Waals surface area (Å²) in [6.45, 7) is 3.68. The number of aryl methyl sites for hydroxylation is 1. The zero-order valence-electron chi connectivity index (χ0n) is 10.4. The van der Waals surface area contributed by atoms with E-state index in [0.717, 1.165) is 17.7 Å². The first-order valence-electron chi connectivity index (χ1n) is 5.61. The zero-order valence-corrected chi connectivity index (χ0v) is 11.2. The van der Waals surface area contributed by atoms with Crippen molar-refractivity contribution in [3.63, 3.8) is 0 Å². The van der Waals surface area contributed by atoms with Crippen molar-refractivity contribution in [3.8, 4) is 5.69 Å². The number of nitrogens with zero attached hydrogens (tertiary/aromatic N) is 1. The lowest BCUT2D eigenvalue weighted by Crippen LogP contribution is -2.22. The first-order valence-corrected chi connectivity index (χ1v) is 5.99. The quantitative estimate of drug-likeness (QED) is 0.805. The molecular weight excluding hydrogens is 266 g/mol. The fraction of sp³-hybridized carbons (Fsp3) is 0.143. The van der Waals surface area contributed by atoms with Crippen LogP contribution in [0.3, 0.4) is 0 Å². The van der Waals surface area contributed by atoms with Gasteiger partial charge in [0.1, 0.15) is 0 Å². The molecule has 4 nitrogen and oxygen atoms in total. The smallest absolute Gasteiger partial charge is 0.151 e. The van der Waals surface area contributed by atoms with Crippen molar-refractivity contribution in [2.24, 2.45) is 0 Å². The summed E-state index contributed by atoms with van der Waals surface area (Å²) in [6.07, 6.45) is 0.788. The summed E-state index contributed by atoms with van der Waals surface area (Å²) >= 11 is 5.92. The predicted molar refractivity (Wildman–Crippen MR) is 70.0 cm³/mol. The third kappa shape index (κ3) is 2.27. The number of hydrogen-bond acceptors (Lipinski definition) is 3. The molecule has 1 aromatic carbocycles. The van der Waals surface area contributed by atoms with Crippen LogP contribution in [0, 0.1) is 13.8 Å². The molecule has 0 spiro atoms. The molecule has 0 unspecified atom stereocenters. The van der Waals surface area contributed by atoms with E-state index in [2.05, 4.69) is 0 Å². The van der Waals surface area contributed by atoms with Crippen LogP contribution in [0.1, 0.15) is 32.1 Å². The van der Waals surface area contributed by atoms with E-state index in [0.29, 0.717) is 11.3 Å². The third-order valence-electron chi connectivity index (χ3n) is 3.03. The number of carbonyl (C=O) groups excluding carboxylic acids is 2. The zero-order chi connectivity index (χ0) is 14.2. The van der Waals surface area contributed by atoms with Gasteiger partial charge in [-0.05, 0) is 38.1 Å². The third-order valence-corrected chi connectivity index (χ3v) is 3.34. The number of aromatic carboxylic acids is 1. The minimum atomic E-state index is -1.31. The molecule has 1 heterocycles. The highest BCUT2D eigenvalue weighted by molar-refractivity contribution is 6.33. The van der Waals surface area contributed by atoms with Crippen molar-refractivity contribution in [1.29, 1.82) is 0 Å². The van der Waals surface area contributed by atoms with E-state index in [1.54, 1.807) is 18.2 Å². The molecule has 1 aromatic heterocycles. The highest BCUT2D eigenvalue weighted by Crippen LogP contribution is 2.24. The lowest BCUT2D eigenvalue weighted by molar-refractivity contribution is -0.255. The van der Waals surface area contributed by atoms with Gasteiger partial charge in [-0.2, -0.15) is 0 Å². The molecule has 0 radical (unpaired) electrons. The van der Waals surface area contributed by atoms with Crippen molar-refractivity contribution < 1.29 is 14.7 Å². The van der Waals surface area contributed by atoms with Crippen LogP contribution in [0.15, 0.2) is 24.3 Å². The summed E-state index contributed by atoms with van der Waals surface area (Å²) in [5.41, 5.74) is 2.90. The van der Waals surface area contributed by atoms with Gasteiger partial charge in [-0.3, -0.25) is 4.79 Å². The maximum Gasteiger partial charge on any atom is 0.151 e. The molecule has 0 aliphatic heterocycles. The van der Waals surface area contributed by atoms with Crippen LogP contribution in [-0.4, -0.2) is 16.8 Å². The fourth-order valence-electron chi connectivity index (χ4n) is 2.11. The maximum atomic E-state index is 10.9. The van der Waals surface area contributed by atoms with Crippen molar-refractivity contribution in [2.75, 3.05) is 0 Å². The molecule has 0 N–H and O–H groups in total. The molecule has 0 aliphatic rings. The summed E-state index contributed by atoms with van der Waals surface area (Å²) in [6, 6.07) is 6.34. The number of halogens is 1. The summed E-state index contributed by atoms with van der Waals surface area (Å²) in [5.74, 6) is -1.31. The highest BCUT2D eigenvalue weighted by Gasteiger charge is 2.11. The number of carbonyl (C=O) groups is 2. The van der Waals surface area contributed by atoms with Gasteiger partial charge in [-0.25, -0.2) is 0 Å². The second kappa shape index (κ2) is 4.90. The Morgan fingerprint density at radius 1 is 1.32 bits per heavy atom. The van der Waals surface area contributed by atoms with Gasteiger partial charge in [-0.1, -0.05) is 11.6 Å². The molecule has 2 rings (SSSR count). The van der Waals surface area contributed by atoms with Gasteiger partial charge in [0, 0.05) is 28.2 Å². The molecular formula is C14H11ClNO3-. The first-order chi connectivity index (χ1) is 8.95. The lowest BCUT2D eigenvalue weighted by atomic mass is 10.2. The normalized spacial score (nSPS) is 10.5. The molecule has 0 aliphatic carbocycles. The Morgan fingerprint density at radius 3 is 2.47 bits per heavy atom. The van der Waals surface area contributed by atoms with Gasteiger partial charge in [0.2, 0.25) is 0 Å². The Balaban J connectivity index is 2.60. The Hall–Kier alpha value is -2.07. The highest BCUT2D eigenvalue weighted by atomic mass is 35.5. The molecule has 98 valence electrons. The minimum Gasteiger partial charge on any atom is -0.545 e. The monoisotopic (exact) mass is 276 g/mol. The summed E-state index contributed by atoms with van der Waals surface area (Å²) in [4.78, 5) is 21.7. The van der Waals surface area contributed by atoms with Crippen LogP contribution in [0.2, 0.25) is 5.02 Å². The van der Waals surface area contributed by atoms with Crippen molar-refractivity contribution in [2.45, 2.75) is 13.8 Å². The largest absolute Gasteiger partial charge is 0.545 e. The standard InChI is InChI=1S/C14H12ClNO3/c1-8-5-10(7-17)9(2)16(8)11-3-4-12(14(18)19)13(15)6-11/h3-7H,1-2H3,(H,18,19)/p-1. The van der Waals surface area contributed by atoms with Gasteiger partial charge in [0.05, 0.1) is 11.0 Å². The van der Waals surface area contributed by atoms with E-state index in [1.165, 1.54) is 6.07 Å². The maximum absolute atomic E-state index is 10.9. The number of rotatable bonds is 3. The SMILES string of the molecule is Cc1cc(C=O)c(C)n1-c1ccc(C(=O)[O-])c(Cl)c1.